The van der Waals surface area contributed by atoms with Gasteiger partial charge in [-0.1, -0.05) is 0 Å². The first-order valence-electron chi connectivity index (χ1n) is 3.22. The predicted octanol–water partition coefficient (Wildman–Crippen LogP) is 0.912. The second-order valence-electron chi connectivity index (χ2n) is 2.45. The molecule has 0 saturated carbocycles. The minimum Gasteiger partial charge on any atom is -0.350 e. The van der Waals surface area contributed by atoms with Gasteiger partial charge in [-0.15, -0.1) is 0 Å². The van der Waals surface area contributed by atoms with Crippen molar-refractivity contribution >= 4 is 0 Å². The molecule has 0 radical (unpaired) electrons. The molecule has 2 rings (SSSR count). The van der Waals surface area contributed by atoms with Gasteiger partial charge >= 0.3 is 0 Å². The van der Waals surface area contributed by atoms with Gasteiger partial charge in [0, 0.05) is 0 Å². The van der Waals surface area contributed by atoms with Gasteiger partial charge in [0.2, 0.25) is 0 Å². The van der Waals surface area contributed by atoms with Crippen LogP contribution in [0.5, 0.6) is 0 Å². The molecule has 2 aliphatic rings. The third-order valence-corrected chi connectivity index (χ3v) is 1.78. The van der Waals surface area contributed by atoms with E-state index in [2.05, 4.69) is 0 Å². The standard InChI is InChI=1S/C6H10O2/c1-2-5-4-7-6(3-1)8-5/h5-6H,1-4H2/t5-,6?/m0/s1. The highest BCUT2D eigenvalue weighted by atomic mass is 16.7. The Bertz CT molecular complexity index is 78.5. The van der Waals surface area contributed by atoms with Gasteiger partial charge in [-0.3, -0.25) is 0 Å². The summed E-state index contributed by atoms with van der Waals surface area (Å²) in [7, 11) is 0. The molecule has 0 N–H and O–H groups in total. The molecule has 2 heteroatoms. The van der Waals surface area contributed by atoms with E-state index >= 15 is 0 Å². The summed E-state index contributed by atoms with van der Waals surface area (Å²) in [6.07, 6.45) is 4.20. The van der Waals surface area contributed by atoms with Gasteiger partial charge in [0.25, 0.3) is 0 Å². The SMILES string of the molecule is C1CC2OC[C@H](C1)O2. The fourth-order valence-electron chi connectivity index (χ4n) is 1.32. The van der Waals surface area contributed by atoms with Crippen molar-refractivity contribution in [3.05, 3.63) is 0 Å². The molecule has 2 aliphatic heterocycles. The molecule has 2 fully saturated rings. The van der Waals surface area contributed by atoms with Gasteiger partial charge in [0.05, 0.1) is 12.7 Å². The number of ether oxygens (including phenoxy) is 2. The summed E-state index contributed by atoms with van der Waals surface area (Å²) >= 11 is 0. The predicted molar refractivity (Wildman–Crippen MR) is 28.5 cm³/mol. The first-order valence-corrected chi connectivity index (χ1v) is 3.22. The monoisotopic (exact) mass is 114 g/mol. The van der Waals surface area contributed by atoms with Crippen LogP contribution in [0.3, 0.4) is 0 Å². The quantitative estimate of drug-likeness (QED) is 0.466. The molecule has 8 heavy (non-hydrogen) atoms. The minimum atomic E-state index is 0.161. The molecule has 2 bridgehead atoms. The number of hydrogen-bond acceptors (Lipinski definition) is 2. The van der Waals surface area contributed by atoms with E-state index in [0.717, 1.165) is 13.0 Å². The van der Waals surface area contributed by atoms with Crippen LogP contribution in [0.2, 0.25) is 0 Å². The maximum Gasteiger partial charge on any atom is 0.158 e. The summed E-state index contributed by atoms with van der Waals surface area (Å²) in [5, 5.41) is 0. The molecule has 0 aromatic rings. The fourth-order valence-corrected chi connectivity index (χ4v) is 1.32. The average Bonchev–Trinajstić information content (AvgIpc) is 2.12. The van der Waals surface area contributed by atoms with Gasteiger partial charge in [-0.25, -0.2) is 0 Å². The number of rotatable bonds is 0. The van der Waals surface area contributed by atoms with Gasteiger partial charge in [0.1, 0.15) is 0 Å². The van der Waals surface area contributed by atoms with E-state index in [-0.39, 0.29) is 6.29 Å². The zero-order valence-electron chi connectivity index (χ0n) is 4.80. The highest BCUT2D eigenvalue weighted by molar-refractivity contribution is 4.71. The largest absolute Gasteiger partial charge is 0.350 e. The molecule has 2 heterocycles. The van der Waals surface area contributed by atoms with E-state index in [1.807, 2.05) is 0 Å². The van der Waals surface area contributed by atoms with Gasteiger partial charge in [-0.05, 0) is 19.3 Å². The molecule has 1 unspecified atom stereocenters. The van der Waals surface area contributed by atoms with Crippen LogP contribution in [0, 0.1) is 0 Å². The Labute approximate surface area is 48.8 Å². The second-order valence-corrected chi connectivity index (χ2v) is 2.45. The molecule has 46 valence electrons. The van der Waals surface area contributed by atoms with Crippen LogP contribution in [-0.2, 0) is 9.47 Å². The van der Waals surface area contributed by atoms with E-state index in [9.17, 15) is 0 Å². The maximum atomic E-state index is 5.38. The molecule has 0 amide bonds. The lowest BCUT2D eigenvalue weighted by molar-refractivity contribution is -0.0815. The van der Waals surface area contributed by atoms with Crippen molar-refractivity contribution in [1.82, 2.24) is 0 Å². The van der Waals surface area contributed by atoms with Gasteiger partial charge in [-0.2, -0.15) is 0 Å². The molecule has 0 aliphatic carbocycles. The van der Waals surface area contributed by atoms with Crippen molar-refractivity contribution in [1.29, 1.82) is 0 Å². The van der Waals surface area contributed by atoms with Crippen molar-refractivity contribution in [2.45, 2.75) is 31.7 Å². The smallest absolute Gasteiger partial charge is 0.158 e. The summed E-state index contributed by atoms with van der Waals surface area (Å²) in [5.41, 5.74) is 0. The van der Waals surface area contributed by atoms with E-state index in [4.69, 9.17) is 9.47 Å². The van der Waals surface area contributed by atoms with Crippen molar-refractivity contribution in [3.63, 3.8) is 0 Å². The zero-order chi connectivity index (χ0) is 5.40. The Morgan fingerprint density at radius 1 is 1.25 bits per heavy atom. The second kappa shape index (κ2) is 1.71. The van der Waals surface area contributed by atoms with E-state index in [1.165, 1.54) is 12.8 Å². The minimum absolute atomic E-state index is 0.161. The maximum absolute atomic E-state index is 5.38. The van der Waals surface area contributed by atoms with Crippen LogP contribution in [0.15, 0.2) is 0 Å². The molecule has 0 spiro atoms. The van der Waals surface area contributed by atoms with Crippen LogP contribution >= 0.6 is 0 Å². The number of hydrogen-bond donors (Lipinski definition) is 0. The highest BCUT2D eigenvalue weighted by Crippen LogP contribution is 2.25. The Balaban J connectivity index is 2.03. The lowest BCUT2D eigenvalue weighted by Gasteiger charge is -2.16. The molecule has 2 atom stereocenters. The van der Waals surface area contributed by atoms with Crippen molar-refractivity contribution in [2.24, 2.45) is 0 Å². The fraction of sp³-hybridized carbons (Fsp3) is 1.00. The summed E-state index contributed by atoms with van der Waals surface area (Å²) in [5.74, 6) is 0. The van der Waals surface area contributed by atoms with Crippen molar-refractivity contribution in [2.75, 3.05) is 6.61 Å². The van der Waals surface area contributed by atoms with Crippen LogP contribution in [0.4, 0.5) is 0 Å². The summed E-state index contributed by atoms with van der Waals surface area (Å²) < 4.78 is 10.6. The first-order chi connectivity index (χ1) is 3.95. The van der Waals surface area contributed by atoms with Crippen LogP contribution < -0.4 is 0 Å². The first kappa shape index (κ1) is 4.77. The van der Waals surface area contributed by atoms with Crippen LogP contribution in [-0.4, -0.2) is 19.0 Å². The van der Waals surface area contributed by atoms with E-state index in [1.54, 1.807) is 0 Å². The third-order valence-electron chi connectivity index (χ3n) is 1.78. The molecule has 0 aromatic carbocycles. The Morgan fingerprint density at radius 2 is 2.25 bits per heavy atom. The summed E-state index contributed by atoms with van der Waals surface area (Å²) in [6.45, 7) is 0.838. The number of fused-ring (bicyclic) bond motifs is 2. The zero-order valence-corrected chi connectivity index (χ0v) is 4.80. The Morgan fingerprint density at radius 3 is 3.00 bits per heavy atom. The van der Waals surface area contributed by atoms with E-state index < -0.39 is 0 Å². The molecule has 2 nitrogen and oxygen atoms in total. The lowest BCUT2D eigenvalue weighted by atomic mass is 10.1. The third kappa shape index (κ3) is 0.644. The Hall–Kier alpha value is -0.0800. The topological polar surface area (TPSA) is 18.5 Å². The molecule has 0 aromatic heterocycles. The van der Waals surface area contributed by atoms with E-state index in [0.29, 0.717) is 6.10 Å². The Kier molecular flexibility index (Phi) is 1.02. The summed E-state index contributed by atoms with van der Waals surface area (Å²) in [6, 6.07) is 0. The van der Waals surface area contributed by atoms with Gasteiger partial charge in [0.15, 0.2) is 6.29 Å². The normalized spacial score (nSPS) is 45.0. The lowest BCUT2D eigenvalue weighted by Crippen LogP contribution is -2.17. The average molecular weight is 114 g/mol. The van der Waals surface area contributed by atoms with Crippen molar-refractivity contribution in [3.8, 4) is 0 Å². The summed E-state index contributed by atoms with van der Waals surface area (Å²) in [4.78, 5) is 0. The molecule has 2 saturated heterocycles. The molecular formula is C6H10O2. The van der Waals surface area contributed by atoms with Gasteiger partial charge < -0.3 is 9.47 Å². The van der Waals surface area contributed by atoms with Crippen molar-refractivity contribution < 1.29 is 9.47 Å². The van der Waals surface area contributed by atoms with Crippen LogP contribution in [0.25, 0.3) is 0 Å². The van der Waals surface area contributed by atoms with Crippen LogP contribution in [0.1, 0.15) is 19.3 Å². The highest BCUT2D eigenvalue weighted by Gasteiger charge is 2.29. The molecular weight excluding hydrogens is 104 g/mol.